The third-order valence-corrected chi connectivity index (χ3v) is 2.98. The fraction of sp³-hybridized carbons (Fsp3) is 0. The van der Waals surface area contributed by atoms with Gasteiger partial charge in [-0.3, -0.25) is 4.79 Å². The molecule has 0 fully saturated rings. The Balaban J connectivity index is 2.54. The van der Waals surface area contributed by atoms with Crippen LogP contribution in [0.15, 0.2) is 24.4 Å². The molecule has 2 rings (SSSR count). The summed E-state index contributed by atoms with van der Waals surface area (Å²) in [7, 11) is 0. The van der Waals surface area contributed by atoms with Crippen LogP contribution in [0.4, 0.5) is 0 Å². The molecule has 0 aliphatic carbocycles. The third kappa shape index (κ3) is 2.23. The van der Waals surface area contributed by atoms with Gasteiger partial charge in [0.05, 0.1) is 21.3 Å². The quantitative estimate of drug-likeness (QED) is 0.880. The molecular weight excluding hydrogens is 279 g/mol. The van der Waals surface area contributed by atoms with Gasteiger partial charge in [-0.2, -0.15) is 5.10 Å². The number of aromatic nitrogens is 2. The zero-order chi connectivity index (χ0) is 13.3. The summed E-state index contributed by atoms with van der Waals surface area (Å²) < 4.78 is 1.26. The summed E-state index contributed by atoms with van der Waals surface area (Å²) in [5.74, 6) is -1.27. The summed E-state index contributed by atoms with van der Waals surface area (Å²) in [4.78, 5) is 21.6. The Hall–Kier alpha value is -1.85. The third-order valence-electron chi connectivity index (χ3n) is 2.24. The minimum atomic E-state index is -1.27. The number of nitrogens with zero attached hydrogens (tertiary/aromatic N) is 2. The molecule has 1 heterocycles. The largest absolute Gasteiger partial charge is 0.476 e. The topological polar surface area (TPSA) is 72.2 Å². The van der Waals surface area contributed by atoms with Gasteiger partial charge in [0.1, 0.15) is 0 Å². The molecule has 92 valence electrons. The van der Waals surface area contributed by atoms with Crippen molar-refractivity contribution in [3.8, 4) is 5.69 Å². The lowest BCUT2D eigenvalue weighted by Crippen LogP contribution is -2.02. The van der Waals surface area contributed by atoms with E-state index in [0.29, 0.717) is 22.0 Å². The van der Waals surface area contributed by atoms with Crippen LogP contribution >= 0.6 is 23.2 Å². The van der Waals surface area contributed by atoms with Gasteiger partial charge in [0.25, 0.3) is 0 Å². The van der Waals surface area contributed by atoms with Crippen molar-refractivity contribution in [3.63, 3.8) is 0 Å². The number of carboxylic acid groups (broad SMARTS) is 1. The predicted molar refractivity (Wildman–Crippen MR) is 65.9 cm³/mol. The zero-order valence-corrected chi connectivity index (χ0v) is 10.3. The maximum Gasteiger partial charge on any atom is 0.357 e. The molecule has 0 saturated carbocycles. The number of hydrogen-bond donors (Lipinski definition) is 1. The molecule has 0 atom stereocenters. The summed E-state index contributed by atoms with van der Waals surface area (Å²) >= 11 is 11.6. The monoisotopic (exact) mass is 284 g/mol. The van der Waals surface area contributed by atoms with E-state index in [-0.39, 0.29) is 11.3 Å². The van der Waals surface area contributed by atoms with Crippen molar-refractivity contribution in [2.45, 2.75) is 0 Å². The molecule has 0 amide bonds. The molecular formula is C11H6Cl2N2O3. The Morgan fingerprint density at radius 1 is 1.33 bits per heavy atom. The van der Waals surface area contributed by atoms with E-state index < -0.39 is 5.97 Å². The van der Waals surface area contributed by atoms with Crippen molar-refractivity contribution in [2.24, 2.45) is 0 Å². The van der Waals surface area contributed by atoms with E-state index in [2.05, 4.69) is 5.10 Å². The molecule has 1 aromatic heterocycles. The smallest absolute Gasteiger partial charge is 0.357 e. The fourth-order valence-electron chi connectivity index (χ4n) is 1.40. The van der Waals surface area contributed by atoms with Crippen LogP contribution in [-0.4, -0.2) is 27.1 Å². The van der Waals surface area contributed by atoms with E-state index in [4.69, 9.17) is 28.3 Å². The van der Waals surface area contributed by atoms with Crippen LogP contribution in [-0.2, 0) is 0 Å². The number of carboxylic acids is 1. The average molecular weight is 285 g/mol. The maximum absolute atomic E-state index is 10.9. The molecule has 5 nitrogen and oxygen atoms in total. The highest BCUT2D eigenvalue weighted by atomic mass is 35.5. The first-order valence-electron chi connectivity index (χ1n) is 4.76. The van der Waals surface area contributed by atoms with E-state index in [1.165, 1.54) is 16.9 Å². The van der Waals surface area contributed by atoms with Crippen molar-refractivity contribution in [3.05, 3.63) is 45.7 Å². The molecule has 0 bridgehead atoms. The van der Waals surface area contributed by atoms with Gasteiger partial charge < -0.3 is 5.11 Å². The second kappa shape index (κ2) is 4.80. The second-order valence-corrected chi connectivity index (χ2v) is 4.21. The van der Waals surface area contributed by atoms with E-state index in [1.807, 2.05) is 0 Å². The van der Waals surface area contributed by atoms with Gasteiger partial charge in [-0.15, -0.1) is 0 Å². The van der Waals surface area contributed by atoms with Crippen molar-refractivity contribution in [2.75, 3.05) is 0 Å². The lowest BCUT2D eigenvalue weighted by atomic mass is 10.3. The molecule has 0 spiro atoms. The first-order valence-corrected chi connectivity index (χ1v) is 5.52. The minimum Gasteiger partial charge on any atom is -0.476 e. The maximum atomic E-state index is 10.9. The number of hydrogen-bond acceptors (Lipinski definition) is 3. The predicted octanol–water partition coefficient (Wildman–Crippen LogP) is 2.69. The van der Waals surface area contributed by atoms with Crippen LogP contribution in [0.5, 0.6) is 0 Å². The van der Waals surface area contributed by atoms with Crippen LogP contribution in [0.3, 0.4) is 0 Å². The minimum absolute atomic E-state index is 0.00595. The number of aldehydes is 1. The molecule has 7 heteroatoms. The van der Waals surface area contributed by atoms with Crippen LogP contribution in [0, 0.1) is 0 Å². The van der Waals surface area contributed by atoms with Crippen LogP contribution < -0.4 is 0 Å². The van der Waals surface area contributed by atoms with Crippen molar-refractivity contribution in [1.29, 1.82) is 0 Å². The average Bonchev–Trinajstić information content (AvgIpc) is 2.77. The van der Waals surface area contributed by atoms with E-state index in [0.717, 1.165) is 0 Å². The van der Waals surface area contributed by atoms with Crippen molar-refractivity contribution >= 4 is 35.5 Å². The van der Waals surface area contributed by atoms with Gasteiger partial charge in [0.15, 0.2) is 12.0 Å². The Morgan fingerprint density at radius 2 is 2.06 bits per heavy atom. The number of carbonyl (C=O) groups is 2. The number of rotatable bonds is 3. The Labute approximate surface area is 112 Å². The van der Waals surface area contributed by atoms with Crippen LogP contribution in [0.2, 0.25) is 10.0 Å². The summed E-state index contributed by atoms with van der Waals surface area (Å²) in [6, 6.07) is 4.69. The number of halogens is 2. The fourth-order valence-corrected chi connectivity index (χ4v) is 1.69. The van der Waals surface area contributed by atoms with Gasteiger partial charge in [-0.25, -0.2) is 9.48 Å². The molecule has 2 aromatic rings. The highest BCUT2D eigenvalue weighted by molar-refractivity contribution is 6.42. The zero-order valence-electron chi connectivity index (χ0n) is 8.80. The molecule has 1 N–H and O–H groups in total. The second-order valence-electron chi connectivity index (χ2n) is 3.40. The number of carbonyl (C=O) groups excluding carboxylic acids is 1. The molecule has 1 aromatic carbocycles. The molecule has 0 radical (unpaired) electrons. The first kappa shape index (κ1) is 12.6. The molecule has 0 saturated heterocycles. The van der Waals surface area contributed by atoms with E-state index in [1.54, 1.807) is 12.1 Å². The van der Waals surface area contributed by atoms with Gasteiger partial charge >= 0.3 is 5.97 Å². The normalized spacial score (nSPS) is 10.3. The molecule has 0 unspecified atom stereocenters. The Morgan fingerprint density at radius 3 is 2.56 bits per heavy atom. The lowest BCUT2D eigenvalue weighted by Gasteiger charge is -2.02. The summed E-state index contributed by atoms with van der Waals surface area (Å²) in [6.07, 6.45) is 1.75. The van der Waals surface area contributed by atoms with Crippen LogP contribution in [0.25, 0.3) is 5.69 Å². The highest BCUT2D eigenvalue weighted by Crippen LogP contribution is 2.24. The van der Waals surface area contributed by atoms with Crippen molar-refractivity contribution in [1.82, 2.24) is 9.78 Å². The highest BCUT2D eigenvalue weighted by Gasteiger charge is 2.16. The standard InChI is InChI=1S/C11H6Cl2N2O3/c12-8-2-1-7(3-9(8)13)15-4-6(5-16)10(14-15)11(17)18/h1-5H,(H,17,18). The Bertz CT molecular complexity index is 637. The van der Waals surface area contributed by atoms with E-state index in [9.17, 15) is 9.59 Å². The molecule has 18 heavy (non-hydrogen) atoms. The van der Waals surface area contributed by atoms with Crippen molar-refractivity contribution < 1.29 is 14.7 Å². The SMILES string of the molecule is O=Cc1cn(-c2ccc(Cl)c(Cl)c2)nc1C(=O)O. The van der Waals surface area contributed by atoms with Crippen LogP contribution in [0.1, 0.15) is 20.8 Å². The summed E-state index contributed by atoms with van der Waals surface area (Å²) in [5, 5.41) is 13.4. The number of aromatic carboxylic acids is 1. The van der Waals surface area contributed by atoms with E-state index >= 15 is 0 Å². The molecule has 0 aliphatic rings. The van der Waals surface area contributed by atoms with Gasteiger partial charge in [0, 0.05) is 6.20 Å². The van der Waals surface area contributed by atoms with Gasteiger partial charge in [-0.05, 0) is 18.2 Å². The molecule has 0 aliphatic heterocycles. The first-order chi connectivity index (χ1) is 8.52. The lowest BCUT2D eigenvalue weighted by molar-refractivity contribution is 0.0687. The van der Waals surface area contributed by atoms with Gasteiger partial charge in [-0.1, -0.05) is 23.2 Å². The Kier molecular flexibility index (Phi) is 3.36. The summed E-state index contributed by atoms with van der Waals surface area (Å²) in [5.41, 5.74) is 0.199. The summed E-state index contributed by atoms with van der Waals surface area (Å²) in [6.45, 7) is 0. The van der Waals surface area contributed by atoms with Gasteiger partial charge in [0.2, 0.25) is 0 Å². The number of benzene rings is 1.